The highest BCUT2D eigenvalue weighted by Crippen LogP contribution is 2.27. The monoisotopic (exact) mass is 264 g/mol. The molecule has 0 spiro atoms. The van der Waals surface area contributed by atoms with E-state index >= 15 is 0 Å². The van der Waals surface area contributed by atoms with Crippen LogP contribution in [0.15, 0.2) is 30.3 Å². The maximum Gasteiger partial charge on any atom is 0.110 e. The molecule has 1 aliphatic heterocycles. The SMILES string of the molecule is CCC1OCC(C)[C@@H](OCc2ccccc2)[C@@H]1OC. The van der Waals surface area contributed by atoms with Gasteiger partial charge in [-0.1, -0.05) is 44.2 Å². The molecule has 1 aliphatic rings. The van der Waals surface area contributed by atoms with Crippen LogP contribution < -0.4 is 0 Å². The standard InChI is InChI=1S/C16H24O3/c1-4-14-16(17-3)15(12(2)10-18-14)19-11-13-8-6-5-7-9-13/h5-9,12,14-16H,4,10-11H2,1-3H3/t12?,14?,15-,16-/m1/s1. The molecular formula is C16H24O3. The molecule has 1 aromatic rings. The predicted octanol–water partition coefficient (Wildman–Crippen LogP) is 3.03. The predicted molar refractivity (Wildman–Crippen MR) is 75.0 cm³/mol. The summed E-state index contributed by atoms with van der Waals surface area (Å²) in [7, 11) is 1.74. The van der Waals surface area contributed by atoms with Crippen molar-refractivity contribution >= 4 is 0 Å². The van der Waals surface area contributed by atoms with Crippen molar-refractivity contribution in [3.05, 3.63) is 35.9 Å². The third-order valence-corrected chi connectivity index (χ3v) is 3.78. The molecular weight excluding hydrogens is 240 g/mol. The molecule has 0 N–H and O–H groups in total. The second-order valence-electron chi connectivity index (χ2n) is 5.22. The van der Waals surface area contributed by atoms with E-state index < -0.39 is 0 Å². The Morgan fingerprint density at radius 2 is 1.95 bits per heavy atom. The second kappa shape index (κ2) is 7.04. The van der Waals surface area contributed by atoms with Gasteiger partial charge in [0, 0.05) is 13.0 Å². The van der Waals surface area contributed by atoms with Gasteiger partial charge in [0.1, 0.15) is 6.10 Å². The fraction of sp³-hybridized carbons (Fsp3) is 0.625. The third kappa shape index (κ3) is 3.56. The average Bonchev–Trinajstić information content (AvgIpc) is 2.46. The van der Waals surface area contributed by atoms with Crippen LogP contribution >= 0.6 is 0 Å². The van der Waals surface area contributed by atoms with Crippen molar-refractivity contribution in [2.45, 2.75) is 45.2 Å². The van der Waals surface area contributed by atoms with Crippen molar-refractivity contribution in [2.75, 3.05) is 13.7 Å². The highest BCUT2D eigenvalue weighted by atomic mass is 16.6. The van der Waals surface area contributed by atoms with E-state index in [4.69, 9.17) is 14.2 Å². The van der Waals surface area contributed by atoms with Crippen molar-refractivity contribution in [1.29, 1.82) is 0 Å². The van der Waals surface area contributed by atoms with Crippen LogP contribution in [-0.2, 0) is 20.8 Å². The zero-order chi connectivity index (χ0) is 13.7. The maximum atomic E-state index is 6.11. The van der Waals surface area contributed by atoms with Gasteiger partial charge < -0.3 is 14.2 Å². The van der Waals surface area contributed by atoms with Gasteiger partial charge in [-0.15, -0.1) is 0 Å². The van der Waals surface area contributed by atoms with Crippen molar-refractivity contribution < 1.29 is 14.2 Å². The molecule has 3 heteroatoms. The van der Waals surface area contributed by atoms with Gasteiger partial charge in [0.2, 0.25) is 0 Å². The lowest BCUT2D eigenvalue weighted by Gasteiger charge is -2.40. The Hall–Kier alpha value is -0.900. The summed E-state index contributed by atoms with van der Waals surface area (Å²) in [6.45, 7) is 5.67. The quantitative estimate of drug-likeness (QED) is 0.818. The van der Waals surface area contributed by atoms with Crippen LogP contribution in [0.5, 0.6) is 0 Å². The first-order valence-corrected chi connectivity index (χ1v) is 7.06. The van der Waals surface area contributed by atoms with E-state index in [0.717, 1.165) is 13.0 Å². The lowest BCUT2D eigenvalue weighted by molar-refractivity contribution is -0.193. The molecule has 0 amide bonds. The molecule has 106 valence electrons. The Bertz CT molecular complexity index is 366. The number of hydrogen-bond acceptors (Lipinski definition) is 3. The molecule has 0 aromatic heterocycles. The van der Waals surface area contributed by atoms with Crippen molar-refractivity contribution in [3.63, 3.8) is 0 Å². The van der Waals surface area contributed by atoms with Gasteiger partial charge in [-0.25, -0.2) is 0 Å². The van der Waals surface area contributed by atoms with Crippen LogP contribution in [0, 0.1) is 5.92 Å². The molecule has 3 nitrogen and oxygen atoms in total. The number of hydrogen-bond donors (Lipinski definition) is 0. The maximum absolute atomic E-state index is 6.11. The fourth-order valence-corrected chi connectivity index (χ4v) is 2.66. The molecule has 0 saturated carbocycles. The number of benzene rings is 1. The highest BCUT2D eigenvalue weighted by molar-refractivity contribution is 5.13. The van der Waals surface area contributed by atoms with E-state index in [9.17, 15) is 0 Å². The van der Waals surface area contributed by atoms with Crippen LogP contribution in [0.4, 0.5) is 0 Å². The molecule has 19 heavy (non-hydrogen) atoms. The average molecular weight is 264 g/mol. The summed E-state index contributed by atoms with van der Waals surface area (Å²) in [6, 6.07) is 10.3. The molecule has 0 aliphatic carbocycles. The smallest absolute Gasteiger partial charge is 0.110 e. The van der Waals surface area contributed by atoms with Crippen LogP contribution in [0.2, 0.25) is 0 Å². The lowest BCUT2D eigenvalue weighted by atomic mass is 9.92. The van der Waals surface area contributed by atoms with Gasteiger partial charge in [-0.05, 0) is 12.0 Å². The number of ether oxygens (including phenoxy) is 3. The molecule has 0 bridgehead atoms. The summed E-state index contributed by atoms with van der Waals surface area (Å²) in [6.07, 6.45) is 1.22. The second-order valence-corrected chi connectivity index (χ2v) is 5.22. The van der Waals surface area contributed by atoms with Crippen LogP contribution in [-0.4, -0.2) is 32.0 Å². The molecule has 1 fully saturated rings. The molecule has 1 heterocycles. The van der Waals surface area contributed by atoms with Crippen molar-refractivity contribution in [2.24, 2.45) is 5.92 Å². The van der Waals surface area contributed by atoms with Gasteiger partial charge in [0.15, 0.2) is 0 Å². The highest BCUT2D eigenvalue weighted by Gasteiger charge is 2.38. The molecule has 0 radical (unpaired) electrons. The van der Waals surface area contributed by atoms with Gasteiger partial charge in [0.05, 0.1) is 25.4 Å². The first kappa shape index (κ1) is 14.5. The molecule has 2 rings (SSSR count). The third-order valence-electron chi connectivity index (χ3n) is 3.78. The lowest BCUT2D eigenvalue weighted by Crippen LogP contribution is -2.51. The first-order chi connectivity index (χ1) is 9.26. The van der Waals surface area contributed by atoms with Crippen molar-refractivity contribution in [3.8, 4) is 0 Å². The van der Waals surface area contributed by atoms with E-state index in [1.54, 1.807) is 7.11 Å². The van der Waals surface area contributed by atoms with Gasteiger partial charge in [-0.3, -0.25) is 0 Å². The molecule has 1 aromatic carbocycles. The molecule has 2 unspecified atom stereocenters. The van der Waals surface area contributed by atoms with Gasteiger partial charge >= 0.3 is 0 Å². The number of methoxy groups -OCH3 is 1. The zero-order valence-corrected chi connectivity index (χ0v) is 12.0. The minimum Gasteiger partial charge on any atom is -0.376 e. The minimum atomic E-state index is 0.0254. The largest absolute Gasteiger partial charge is 0.376 e. The zero-order valence-electron chi connectivity index (χ0n) is 12.0. The Morgan fingerprint density at radius 1 is 1.21 bits per heavy atom. The topological polar surface area (TPSA) is 27.7 Å². The Labute approximate surface area is 115 Å². The number of rotatable bonds is 5. The molecule has 4 atom stereocenters. The summed E-state index contributed by atoms with van der Waals surface area (Å²) in [4.78, 5) is 0. The van der Waals surface area contributed by atoms with Crippen LogP contribution in [0.3, 0.4) is 0 Å². The Balaban J connectivity index is 1.99. The van der Waals surface area contributed by atoms with Gasteiger partial charge in [-0.2, -0.15) is 0 Å². The molecule has 1 saturated heterocycles. The Morgan fingerprint density at radius 3 is 2.58 bits per heavy atom. The summed E-state index contributed by atoms with van der Waals surface area (Å²) in [5, 5.41) is 0. The van der Waals surface area contributed by atoms with Gasteiger partial charge in [0.25, 0.3) is 0 Å². The van der Waals surface area contributed by atoms with E-state index in [2.05, 4.69) is 26.0 Å². The fourth-order valence-electron chi connectivity index (χ4n) is 2.66. The summed E-state index contributed by atoms with van der Waals surface area (Å²) < 4.78 is 17.5. The van der Waals surface area contributed by atoms with Crippen LogP contribution in [0.1, 0.15) is 25.8 Å². The van der Waals surface area contributed by atoms with Crippen molar-refractivity contribution in [1.82, 2.24) is 0 Å². The minimum absolute atomic E-state index is 0.0254. The van der Waals surface area contributed by atoms with E-state index in [-0.39, 0.29) is 18.3 Å². The van der Waals surface area contributed by atoms with E-state index in [0.29, 0.717) is 12.5 Å². The van der Waals surface area contributed by atoms with Crippen LogP contribution in [0.25, 0.3) is 0 Å². The summed E-state index contributed by atoms with van der Waals surface area (Å²) >= 11 is 0. The summed E-state index contributed by atoms with van der Waals surface area (Å²) in [5.41, 5.74) is 1.20. The summed E-state index contributed by atoms with van der Waals surface area (Å²) in [5.74, 6) is 0.358. The van der Waals surface area contributed by atoms with E-state index in [1.165, 1.54) is 5.56 Å². The van der Waals surface area contributed by atoms with E-state index in [1.807, 2.05) is 18.2 Å². The Kier molecular flexibility index (Phi) is 5.37. The normalized spacial score (nSPS) is 31.3. The first-order valence-electron chi connectivity index (χ1n) is 7.06.